The zero-order valence-corrected chi connectivity index (χ0v) is 5.94. The minimum atomic E-state index is -0.0311. The lowest BCUT2D eigenvalue weighted by Gasteiger charge is -1.81. The third kappa shape index (κ3) is 7.26. The highest BCUT2D eigenvalue weighted by Crippen LogP contribution is 1.89. The van der Waals surface area contributed by atoms with Crippen LogP contribution in [0.25, 0.3) is 0 Å². The summed E-state index contributed by atoms with van der Waals surface area (Å²) >= 11 is 0. The molecule has 0 aromatic rings. The number of rotatable bonds is 1. The second-order valence-electron chi connectivity index (χ2n) is 2.00. The number of aliphatic hydroxyl groups excluding tert-OH is 1. The molecule has 0 atom stereocenters. The van der Waals surface area contributed by atoms with Gasteiger partial charge in [-0.25, -0.2) is 0 Å². The molecule has 0 fully saturated rings. The summed E-state index contributed by atoms with van der Waals surface area (Å²) in [5.74, 6) is 5.35. The van der Waals surface area contributed by atoms with E-state index in [1.165, 1.54) is 5.57 Å². The van der Waals surface area contributed by atoms with Crippen LogP contribution in [0.5, 0.6) is 0 Å². The quantitative estimate of drug-likeness (QED) is 0.413. The van der Waals surface area contributed by atoms with Crippen molar-refractivity contribution in [1.29, 1.82) is 0 Å². The molecule has 0 spiro atoms. The van der Waals surface area contributed by atoms with Crippen LogP contribution in [0.3, 0.4) is 0 Å². The van der Waals surface area contributed by atoms with E-state index in [1.54, 1.807) is 0 Å². The Labute approximate surface area is 56.4 Å². The molecule has 0 saturated carbocycles. The molecule has 1 nitrogen and oxygen atoms in total. The van der Waals surface area contributed by atoms with Crippen molar-refractivity contribution >= 4 is 0 Å². The van der Waals surface area contributed by atoms with Crippen molar-refractivity contribution in [2.24, 2.45) is 0 Å². The van der Waals surface area contributed by atoms with Crippen LogP contribution in [0.4, 0.5) is 0 Å². The Morgan fingerprint density at radius 3 is 2.56 bits per heavy atom. The Morgan fingerprint density at radius 1 is 1.44 bits per heavy atom. The lowest BCUT2D eigenvalue weighted by molar-refractivity contribution is 0.350. The van der Waals surface area contributed by atoms with Gasteiger partial charge in [-0.2, -0.15) is 0 Å². The highest BCUT2D eigenvalue weighted by atomic mass is 16.2. The van der Waals surface area contributed by atoms with Gasteiger partial charge in [-0.15, -0.1) is 0 Å². The van der Waals surface area contributed by atoms with Gasteiger partial charge in [0.15, 0.2) is 0 Å². The van der Waals surface area contributed by atoms with Crippen LogP contribution >= 0.6 is 0 Å². The zero-order valence-electron chi connectivity index (χ0n) is 5.94. The first-order valence-electron chi connectivity index (χ1n) is 2.97. The normalized spacial score (nSPS) is 7.44. The molecule has 0 amide bonds. The Bertz CT molecular complexity index is 142. The summed E-state index contributed by atoms with van der Waals surface area (Å²) in [5.41, 5.74) is 1.27. The van der Waals surface area contributed by atoms with Crippen LogP contribution in [0.2, 0.25) is 0 Å². The van der Waals surface area contributed by atoms with Crippen molar-refractivity contribution in [2.75, 3.05) is 6.61 Å². The SMILES string of the molecule is CC(C)=CCC#CCO. The van der Waals surface area contributed by atoms with Crippen LogP contribution in [-0.2, 0) is 0 Å². The Morgan fingerprint density at radius 2 is 2.11 bits per heavy atom. The molecular weight excluding hydrogens is 112 g/mol. The smallest absolute Gasteiger partial charge is 0.104 e. The van der Waals surface area contributed by atoms with E-state index in [4.69, 9.17) is 5.11 Å². The van der Waals surface area contributed by atoms with Gasteiger partial charge >= 0.3 is 0 Å². The Hall–Kier alpha value is -0.740. The zero-order chi connectivity index (χ0) is 7.11. The van der Waals surface area contributed by atoms with Gasteiger partial charge in [0.1, 0.15) is 6.61 Å². The average molecular weight is 124 g/mol. The summed E-state index contributed by atoms with van der Waals surface area (Å²) in [6.45, 7) is 4.03. The fourth-order valence-corrected chi connectivity index (χ4v) is 0.383. The van der Waals surface area contributed by atoms with Gasteiger partial charge in [-0.1, -0.05) is 23.5 Å². The van der Waals surface area contributed by atoms with Crippen molar-refractivity contribution in [3.8, 4) is 11.8 Å². The number of hydrogen-bond acceptors (Lipinski definition) is 1. The van der Waals surface area contributed by atoms with Gasteiger partial charge in [-0.05, 0) is 13.8 Å². The first-order valence-corrected chi connectivity index (χ1v) is 2.97. The first kappa shape index (κ1) is 8.26. The van der Waals surface area contributed by atoms with E-state index in [1.807, 2.05) is 19.9 Å². The summed E-state index contributed by atoms with van der Waals surface area (Å²) in [4.78, 5) is 0. The fraction of sp³-hybridized carbons (Fsp3) is 0.500. The molecule has 0 aliphatic rings. The summed E-state index contributed by atoms with van der Waals surface area (Å²) < 4.78 is 0. The summed E-state index contributed by atoms with van der Waals surface area (Å²) in [7, 11) is 0. The molecule has 1 N–H and O–H groups in total. The van der Waals surface area contributed by atoms with Crippen LogP contribution in [0, 0.1) is 11.8 Å². The molecule has 0 unspecified atom stereocenters. The topological polar surface area (TPSA) is 20.2 Å². The van der Waals surface area contributed by atoms with E-state index in [0.29, 0.717) is 0 Å². The van der Waals surface area contributed by atoms with Gasteiger partial charge in [0.2, 0.25) is 0 Å². The van der Waals surface area contributed by atoms with E-state index >= 15 is 0 Å². The summed E-state index contributed by atoms with van der Waals surface area (Å²) in [5, 5.41) is 8.24. The van der Waals surface area contributed by atoms with Gasteiger partial charge in [0.05, 0.1) is 0 Å². The number of allylic oxidation sites excluding steroid dienone is 2. The van der Waals surface area contributed by atoms with Crippen molar-refractivity contribution in [3.63, 3.8) is 0 Å². The highest BCUT2D eigenvalue weighted by Gasteiger charge is 1.71. The predicted octanol–water partition coefficient (Wildman–Crippen LogP) is 1.34. The number of hydrogen-bond donors (Lipinski definition) is 1. The van der Waals surface area contributed by atoms with Crippen molar-refractivity contribution < 1.29 is 5.11 Å². The van der Waals surface area contributed by atoms with Gasteiger partial charge in [-0.3, -0.25) is 0 Å². The van der Waals surface area contributed by atoms with Crippen molar-refractivity contribution in [1.82, 2.24) is 0 Å². The molecule has 50 valence electrons. The predicted molar refractivity (Wildman–Crippen MR) is 38.9 cm³/mol. The molecule has 9 heavy (non-hydrogen) atoms. The molecule has 0 rings (SSSR count). The van der Waals surface area contributed by atoms with Gasteiger partial charge in [0.25, 0.3) is 0 Å². The molecular formula is C8H12O. The Balaban J connectivity index is 3.40. The lowest BCUT2D eigenvalue weighted by atomic mass is 10.3. The average Bonchev–Trinajstić information content (AvgIpc) is 1.80. The molecule has 0 heterocycles. The summed E-state index contributed by atoms with van der Waals surface area (Å²) in [6.07, 6.45) is 2.78. The van der Waals surface area contributed by atoms with Gasteiger partial charge in [0, 0.05) is 6.42 Å². The van der Waals surface area contributed by atoms with E-state index in [2.05, 4.69) is 11.8 Å². The maximum Gasteiger partial charge on any atom is 0.104 e. The highest BCUT2D eigenvalue weighted by molar-refractivity contribution is 5.07. The molecule has 0 bridgehead atoms. The van der Waals surface area contributed by atoms with E-state index in [-0.39, 0.29) is 6.61 Å². The van der Waals surface area contributed by atoms with Gasteiger partial charge < -0.3 is 5.11 Å². The van der Waals surface area contributed by atoms with Crippen LogP contribution in [0.15, 0.2) is 11.6 Å². The second-order valence-corrected chi connectivity index (χ2v) is 2.00. The Kier molecular flexibility index (Phi) is 4.95. The lowest BCUT2D eigenvalue weighted by Crippen LogP contribution is -1.71. The van der Waals surface area contributed by atoms with Crippen molar-refractivity contribution in [3.05, 3.63) is 11.6 Å². The number of aliphatic hydroxyl groups is 1. The molecule has 1 heteroatoms. The van der Waals surface area contributed by atoms with Crippen molar-refractivity contribution in [2.45, 2.75) is 20.3 Å². The summed E-state index contributed by atoms with van der Waals surface area (Å²) in [6, 6.07) is 0. The van der Waals surface area contributed by atoms with E-state index in [9.17, 15) is 0 Å². The second kappa shape index (κ2) is 5.40. The maximum absolute atomic E-state index is 8.24. The van der Waals surface area contributed by atoms with Crippen LogP contribution in [-0.4, -0.2) is 11.7 Å². The van der Waals surface area contributed by atoms with Crippen LogP contribution < -0.4 is 0 Å². The molecule has 0 saturated heterocycles. The molecule has 0 aliphatic carbocycles. The maximum atomic E-state index is 8.24. The largest absolute Gasteiger partial charge is 0.384 e. The third-order valence-electron chi connectivity index (χ3n) is 0.816. The van der Waals surface area contributed by atoms with E-state index < -0.39 is 0 Å². The minimum absolute atomic E-state index is 0.0311. The molecule has 0 aromatic carbocycles. The monoisotopic (exact) mass is 124 g/mol. The molecule has 0 aliphatic heterocycles. The minimum Gasteiger partial charge on any atom is -0.384 e. The van der Waals surface area contributed by atoms with Crippen LogP contribution in [0.1, 0.15) is 20.3 Å². The third-order valence-corrected chi connectivity index (χ3v) is 0.816. The molecule has 0 radical (unpaired) electrons. The van der Waals surface area contributed by atoms with E-state index in [0.717, 1.165) is 6.42 Å². The molecule has 0 aromatic heterocycles. The fourth-order valence-electron chi connectivity index (χ4n) is 0.383. The standard InChI is InChI=1S/C8H12O/c1-8(2)6-4-3-5-7-9/h6,9H,4,7H2,1-2H3. The first-order chi connectivity index (χ1) is 4.27.